The van der Waals surface area contributed by atoms with E-state index in [1.54, 1.807) is 30.3 Å². The van der Waals surface area contributed by atoms with Gasteiger partial charge in [0.05, 0.1) is 12.2 Å². The highest BCUT2D eigenvalue weighted by Gasteiger charge is 2.48. The summed E-state index contributed by atoms with van der Waals surface area (Å²) in [5.74, 6) is -0.439. The first kappa shape index (κ1) is 13.3. The second-order valence-corrected chi connectivity index (χ2v) is 5.40. The topological polar surface area (TPSA) is 52.6 Å². The van der Waals surface area contributed by atoms with Gasteiger partial charge in [0.2, 0.25) is 0 Å². The molecule has 0 amide bonds. The first-order chi connectivity index (χ1) is 9.59. The molecule has 0 N–H and O–H groups in total. The van der Waals surface area contributed by atoms with E-state index in [-0.39, 0.29) is 18.3 Å². The van der Waals surface area contributed by atoms with E-state index in [0.29, 0.717) is 23.6 Å². The molecule has 2 aliphatic rings. The zero-order chi connectivity index (χ0) is 14.2. The zero-order valence-corrected chi connectivity index (χ0v) is 11.4. The summed E-state index contributed by atoms with van der Waals surface area (Å²) in [6, 6.07) is 6.50. The van der Waals surface area contributed by atoms with Gasteiger partial charge in [-0.15, -0.1) is 0 Å². The summed E-state index contributed by atoms with van der Waals surface area (Å²) in [6.07, 6.45) is 3.58. The lowest BCUT2D eigenvalue weighted by molar-refractivity contribution is -0.121. The van der Waals surface area contributed by atoms with Crippen LogP contribution in [0.4, 0.5) is 0 Å². The zero-order valence-electron chi connectivity index (χ0n) is 10.7. The van der Waals surface area contributed by atoms with Crippen LogP contribution in [-0.4, -0.2) is 30.1 Å². The summed E-state index contributed by atoms with van der Waals surface area (Å²) in [5, 5.41) is 0.560. The quantitative estimate of drug-likeness (QED) is 0.786. The summed E-state index contributed by atoms with van der Waals surface area (Å²) < 4.78 is 11.1. The van der Waals surface area contributed by atoms with Crippen molar-refractivity contribution < 1.29 is 19.1 Å². The second-order valence-electron chi connectivity index (χ2n) is 4.96. The number of ketones is 1. The van der Waals surface area contributed by atoms with E-state index in [1.165, 1.54) is 6.08 Å². The molecule has 1 heterocycles. The average molecular weight is 293 g/mol. The van der Waals surface area contributed by atoms with Crippen LogP contribution in [0.1, 0.15) is 23.2 Å². The maximum Gasteiger partial charge on any atom is 0.339 e. The number of fused-ring (bicyclic) bond motifs is 1. The third kappa shape index (κ3) is 2.37. The highest BCUT2D eigenvalue weighted by molar-refractivity contribution is 6.30. The maximum atomic E-state index is 12.2. The van der Waals surface area contributed by atoms with Gasteiger partial charge in [0.25, 0.3) is 0 Å². The highest BCUT2D eigenvalue weighted by atomic mass is 35.5. The van der Waals surface area contributed by atoms with Crippen molar-refractivity contribution in [1.82, 2.24) is 0 Å². The highest BCUT2D eigenvalue weighted by Crippen LogP contribution is 2.37. The average Bonchev–Trinajstić information content (AvgIpc) is 2.82. The van der Waals surface area contributed by atoms with E-state index in [0.717, 1.165) is 0 Å². The Hall–Kier alpha value is -1.65. The molecule has 0 spiro atoms. The van der Waals surface area contributed by atoms with Crippen LogP contribution in [0.15, 0.2) is 36.4 Å². The van der Waals surface area contributed by atoms with Crippen molar-refractivity contribution in [3.05, 3.63) is 47.0 Å². The number of benzene rings is 1. The minimum atomic E-state index is -0.815. The van der Waals surface area contributed by atoms with Gasteiger partial charge in [0, 0.05) is 17.9 Å². The van der Waals surface area contributed by atoms with Gasteiger partial charge < -0.3 is 9.47 Å². The summed E-state index contributed by atoms with van der Waals surface area (Å²) >= 11 is 5.79. The van der Waals surface area contributed by atoms with Gasteiger partial charge in [-0.05, 0) is 36.4 Å². The minimum absolute atomic E-state index is 0.00457. The Morgan fingerprint density at radius 2 is 2.10 bits per heavy atom. The number of hydrogen-bond donors (Lipinski definition) is 0. The number of esters is 1. The van der Waals surface area contributed by atoms with Gasteiger partial charge in [-0.25, -0.2) is 4.79 Å². The number of ether oxygens (including phenoxy) is 2. The Morgan fingerprint density at radius 3 is 2.85 bits per heavy atom. The Labute approximate surface area is 121 Å². The van der Waals surface area contributed by atoms with Crippen molar-refractivity contribution in [3.63, 3.8) is 0 Å². The summed E-state index contributed by atoms with van der Waals surface area (Å²) in [6.45, 7) is 0.482. The van der Waals surface area contributed by atoms with Gasteiger partial charge in [-0.1, -0.05) is 11.6 Å². The molecule has 20 heavy (non-hydrogen) atoms. The molecule has 0 saturated carbocycles. The maximum absolute atomic E-state index is 12.2. The van der Waals surface area contributed by atoms with Crippen LogP contribution in [0.25, 0.3) is 0 Å². The first-order valence-corrected chi connectivity index (χ1v) is 6.79. The second kappa shape index (κ2) is 5.04. The number of rotatable bonds is 2. The van der Waals surface area contributed by atoms with Crippen LogP contribution < -0.4 is 0 Å². The van der Waals surface area contributed by atoms with Crippen LogP contribution in [-0.2, 0) is 14.3 Å². The summed E-state index contributed by atoms with van der Waals surface area (Å²) in [4.78, 5) is 23.6. The molecule has 5 heteroatoms. The molecule has 2 unspecified atom stereocenters. The summed E-state index contributed by atoms with van der Waals surface area (Å²) in [7, 11) is 0. The third-order valence-corrected chi connectivity index (χ3v) is 3.91. The van der Waals surface area contributed by atoms with Gasteiger partial charge in [0.1, 0.15) is 6.10 Å². The predicted molar refractivity (Wildman–Crippen MR) is 72.7 cm³/mol. The molecule has 4 nitrogen and oxygen atoms in total. The predicted octanol–water partition coefficient (Wildman–Crippen LogP) is 2.55. The SMILES string of the molecule is O=C1C=CC2(OC(=O)c3ccc(Cl)cc3)CCOC2C1. The standard InChI is InChI=1S/C15H13ClO4/c16-11-3-1-10(2-4-11)14(18)20-15-6-5-12(17)9-13(15)19-8-7-15/h1-6,13H,7-9H2. The molecule has 3 rings (SSSR count). The van der Waals surface area contributed by atoms with E-state index >= 15 is 0 Å². The molecule has 0 aromatic heterocycles. The van der Waals surface area contributed by atoms with E-state index in [2.05, 4.69) is 0 Å². The number of halogens is 1. The number of allylic oxidation sites excluding steroid dienone is 1. The van der Waals surface area contributed by atoms with Crippen molar-refractivity contribution in [1.29, 1.82) is 0 Å². The van der Waals surface area contributed by atoms with Crippen LogP contribution >= 0.6 is 11.6 Å². The van der Waals surface area contributed by atoms with Crippen LogP contribution in [0.3, 0.4) is 0 Å². The molecular formula is C15H13ClO4. The van der Waals surface area contributed by atoms with Crippen LogP contribution in [0, 0.1) is 0 Å². The number of hydrogen-bond acceptors (Lipinski definition) is 4. The lowest BCUT2D eigenvalue weighted by atomic mass is 9.86. The van der Waals surface area contributed by atoms with E-state index in [9.17, 15) is 9.59 Å². The van der Waals surface area contributed by atoms with Crippen molar-refractivity contribution in [2.24, 2.45) is 0 Å². The fraction of sp³-hybridized carbons (Fsp3) is 0.333. The molecule has 0 bridgehead atoms. The molecule has 1 aliphatic heterocycles. The smallest absolute Gasteiger partial charge is 0.339 e. The Kier molecular flexibility index (Phi) is 3.36. The van der Waals surface area contributed by atoms with Crippen LogP contribution in [0.2, 0.25) is 5.02 Å². The minimum Gasteiger partial charge on any atom is -0.448 e. The largest absolute Gasteiger partial charge is 0.448 e. The van der Waals surface area contributed by atoms with Crippen LogP contribution in [0.5, 0.6) is 0 Å². The fourth-order valence-electron chi connectivity index (χ4n) is 2.54. The van der Waals surface area contributed by atoms with Crippen molar-refractivity contribution >= 4 is 23.4 Å². The van der Waals surface area contributed by atoms with Gasteiger partial charge in [0.15, 0.2) is 11.4 Å². The summed E-state index contributed by atoms with van der Waals surface area (Å²) in [5.41, 5.74) is -0.385. The van der Waals surface area contributed by atoms with Gasteiger partial charge >= 0.3 is 5.97 Å². The lowest BCUT2D eigenvalue weighted by Gasteiger charge is -2.32. The van der Waals surface area contributed by atoms with Crippen molar-refractivity contribution in [2.75, 3.05) is 6.61 Å². The third-order valence-electron chi connectivity index (χ3n) is 3.66. The molecule has 0 radical (unpaired) electrons. The first-order valence-electron chi connectivity index (χ1n) is 6.42. The van der Waals surface area contributed by atoms with E-state index < -0.39 is 11.6 Å². The molecule has 1 aromatic carbocycles. The molecule has 1 aliphatic carbocycles. The molecular weight excluding hydrogens is 280 g/mol. The molecule has 1 fully saturated rings. The van der Waals surface area contributed by atoms with Crippen molar-refractivity contribution in [2.45, 2.75) is 24.5 Å². The molecule has 1 saturated heterocycles. The molecule has 1 aromatic rings. The van der Waals surface area contributed by atoms with Crippen molar-refractivity contribution in [3.8, 4) is 0 Å². The van der Waals surface area contributed by atoms with Gasteiger partial charge in [-0.3, -0.25) is 4.79 Å². The Balaban J connectivity index is 1.82. The normalized spacial score (nSPS) is 28.2. The monoisotopic (exact) mass is 292 g/mol. The number of carbonyl (C=O) groups is 2. The fourth-order valence-corrected chi connectivity index (χ4v) is 2.66. The van der Waals surface area contributed by atoms with E-state index in [4.69, 9.17) is 21.1 Å². The number of carbonyl (C=O) groups excluding carboxylic acids is 2. The van der Waals surface area contributed by atoms with E-state index in [1.807, 2.05) is 0 Å². The Bertz CT molecular complexity index is 578. The Morgan fingerprint density at radius 1 is 1.35 bits per heavy atom. The molecule has 2 atom stereocenters. The van der Waals surface area contributed by atoms with Gasteiger partial charge in [-0.2, -0.15) is 0 Å². The molecule has 104 valence electrons. The lowest BCUT2D eigenvalue weighted by Crippen LogP contribution is -2.44.